The molecule has 0 aliphatic heterocycles. The fourth-order valence-corrected chi connectivity index (χ4v) is 4.37. The summed E-state index contributed by atoms with van der Waals surface area (Å²) >= 11 is 3.08. The van der Waals surface area contributed by atoms with Crippen molar-refractivity contribution in [3.8, 4) is 11.3 Å². The molecule has 0 aliphatic carbocycles. The average Bonchev–Trinajstić information content (AvgIpc) is 3.27. The number of nitrogens with one attached hydrogen (secondary N) is 1. The lowest BCUT2D eigenvalue weighted by molar-refractivity contribution is 0.103. The highest BCUT2D eigenvalue weighted by atomic mass is 32.1. The van der Waals surface area contributed by atoms with Crippen LogP contribution in [-0.2, 0) is 7.05 Å². The Morgan fingerprint density at radius 3 is 2.60 bits per heavy atom. The van der Waals surface area contributed by atoms with Crippen LogP contribution in [0.3, 0.4) is 0 Å². The normalized spacial score (nSPS) is 11.2. The number of rotatable bonds is 3. The summed E-state index contributed by atoms with van der Waals surface area (Å²) in [6.07, 6.45) is 0. The lowest BCUT2D eigenvalue weighted by Crippen LogP contribution is -2.09. The van der Waals surface area contributed by atoms with Gasteiger partial charge in [-0.15, -0.1) is 22.7 Å². The van der Waals surface area contributed by atoms with Crippen molar-refractivity contribution in [2.24, 2.45) is 7.05 Å². The minimum atomic E-state index is -0.0992. The topological polar surface area (TPSA) is 59.8 Å². The SMILES string of the molecule is Cc1nc(-c2ccc(NC(=O)c3cc4c(C)nn(C)c4s3)cc2)cs1. The molecule has 0 saturated heterocycles. The Morgan fingerprint density at radius 1 is 1.20 bits per heavy atom. The summed E-state index contributed by atoms with van der Waals surface area (Å²) in [4.78, 5) is 18.7. The second-order valence-electron chi connectivity index (χ2n) is 5.82. The largest absolute Gasteiger partial charge is 0.321 e. The molecule has 0 bridgehead atoms. The highest BCUT2D eigenvalue weighted by molar-refractivity contribution is 7.20. The second-order valence-corrected chi connectivity index (χ2v) is 7.91. The third-order valence-corrected chi connectivity index (χ3v) is 5.95. The van der Waals surface area contributed by atoms with E-state index in [1.807, 2.05) is 61.3 Å². The van der Waals surface area contributed by atoms with Crippen LogP contribution in [0.2, 0.25) is 0 Å². The molecule has 25 heavy (non-hydrogen) atoms. The van der Waals surface area contributed by atoms with E-state index in [0.717, 1.165) is 37.9 Å². The van der Waals surface area contributed by atoms with Gasteiger partial charge in [-0.05, 0) is 32.0 Å². The van der Waals surface area contributed by atoms with Gasteiger partial charge < -0.3 is 5.32 Å². The van der Waals surface area contributed by atoms with Crippen molar-refractivity contribution in [3.63, 3.8) is 0 Å². The molecule has 0 radical (unpaired) electrons. The van der Waals surface area contributed by atoms with Crippen LogP contribution in [-0.4, -0.2) is 20.7 Å². The zero-order chi connectivity index (χ0) is 17.6. The van der Waals surface area contributed by atoms with E-state index < -0.39 is 0 Å². The van der Waals surface area contributed by atoms with E-state index in [1.54, 1.807) is 11.3 Å². The van der Waals surface area contributed by atoms with Gasteiger partial charge in [-0.2, -0.15) is 5.10 Å². The quantitative estimate of drug-likeness (QED) is 0.574. The monoisotopic (exact) mass is 368 g/mol. The number of thiazole rings is 1. The molecule has 4 aromatic rings. The van der Waals surface area contributed by atoms with Crippen LogP contribution in [0.25, 0.3) is 21.5 Å². The van der Waals surface area contributed by atoms with Gasteiger partial charge in [0, 0.05) is 29.1 Å². The number of anilines is 1. The molecular weight excluding hydrogens is 352 g/mol. The standard InChI is InChI=1S/C18H16N4OS2/c1-10-14-8-16(25-18(14)22(3)21-10)17(23)20-13-6-4-12(5-7-13)15-9-24-11(2)19-15/h4-9H,1-3H3,(H,20,23). The van der Waals surface area contributed by atoms with Crippen molar-refractivity contribution in [1.82, 2.24) is 14.8 Å². The predicted molar refractivity (Wildman–Crippen MR) is 104 cm³/mol. The zero-order valence-electron chi connectivity index (χ0n) is 14.0. The molecule has 0 fully saturated rings. The van der Waals surface area contributed by atoms with Gasteiger partial charge in [-0.25, -0.2) is 4.98 Å². The molecule has 7 heteroatoms. The first-order chi connectivity index (χ1) is 12.0. The van der Waals surface area contributed by atoms with Crippen LogP contribution in [0.15, 0.2) is 35.7 Å². The molecule has 1 N–H and O–H groups in total. The second kappa shape index (κ2) is 6.09. The maximum atomic E-state index is 12.5. The molecule has 1 aromatic carbocycles. The molecule has 0 spiro atoms. The lowest BCUT2D eigenvalue weighted by atomic mass is 10.1. The van der Waals surface area contributed by atoms with Crippen LogP contribution in [0, 0.1) is 13.8 Å². The predicted octanol–water partition coefficient (Wildman–Crippen LogP) is 4.63. The molecule has 0 unspecified atom stereocenters. The summed E-state index contributed by atoms with van der Waals surface area (Å²) in [5, 5.41) is 11.4. The van der Waals surface area contributed by atoms with Crippen LogP contribution in [0.1, 0.15) is 20.4 Å². The molecule has 0 aliphatic rings. The van der Waals surface area contributed by atoms with Gasteiger partial charge in [0.15, 0.2) is 0 Å². The lowest BCUT2D eigenvalue weighted by Gasteiger charge is -2.04. The third-order valence-electron chi connectivity index (χ3n) is 3.98. The van der Waals surface area contributed by atoms with E-state index in [1.165, 1.54) is 11.3 Å². The van der Waals surface area contributed by atoms with Crippen molar-refractivity contribution in [1.29, 1.82) is 0 Å². The Morgan fingerprint density at radius 2 is 1.96 bits per heavy atom. The van der Waals surface area contributed by atoms with Gasteiger partial charge in [-0.1, -0.05) is 12.1 Å². The number of aryl methyl sites for hydroxylation is 3. The molecular formula is C18H16N4OS2. The number of aromatic nitrogens is 3. The maximum Gasteiger partial charge on any atom is 0.265 e. The number of nitrogens with zero attached hydrogens (tertiary/aromatic N) is 3. The number of benzene rings is 1. The molecule has 3 aromatic heterocycles. The van der Waals surface area contributed by atoms with E-state index in [0.29, 0.717) is 4.88 Å². The van der Waals surface area contributed by atoms with E-state index in [2.05, 4.69) is 15.4 Å². The first-order valence-electron chi connectivity index (χ1n) is 7.78. The number of carbonyl (C=O) groups excluding carboxylic acids is 1. The highest BCUT2D eigenvalue weighted by Crippen LogP contribution is 2.28. The number of hydrogen-bond donors (Lipinski definition) is 1. The summed E-state index contributed by atoms with van der Waals surface area (Å²) in [5.41, 5.74) is 3.72. The number of hydrogen-bond acceptors (Lipinski definition) is 5. The van der Waals surface area contributed by atoms with Crippen molar-refractivity contribution in [2.75, 3.05) is 5.32 Å². The first kappa shape index (κ1) is 16.0. The van der Waals surface area contributed by atoms with Gasteiger partial charge in [0.05, 0.1) is 21.3 Å². The van der Waals surface area contributed by atoms with Gasteiger partial charge >= 0.3 is 0 Å². The Kier molecular flexibility index (Phi) is 3.89. The van der Waals surface area contributed by atoms with E-state index in [-0.39, 0.29) is 5.91 Å². The van der Waals surface area contributed by atoms with Crippen molar-refractivity contribution >= 4 is 44.5 Å². The number of carbonyl (C=O) groups is 1. The van der Waals surface area contributed by atoms with Crippen LogP contribution in [0.5, 0.6) is 0 Å². The number of thiophene rings is 1. The van der Waals surface area contributed by atoms with Crippen molar-refractivity contribution in [3.05, 3.63) is 51.3 Å². The maximum absolute atomic E-state index is 12.5. The van der Waals surface area contributed by atoms with Gasteiger partial charge in [0.1, 0.15) is 4.83 Å². The van der Waals surface area contributed by atoms with E-state index in [4.69, 9.17) is 0 Å². The molecule has 5 nitrogen and oxygen atoms in total. The fourth-order valence-electron chi connectivity index (χ4n) is 2.73. The third kappa shape index (κ3) is 2.96. The summed E-state index contributed by atoms with van der Waals surface area (Å²) in [5.74, 6) is -0.0992. The van der Waals surface area contributed by atoms with Gasteiger partial charge in [0.2, 0.25) is 0 Å². The van der Waals surface area contributed by atoms with Gasteiger partial charge in [0.25, 0.3) is 5.91 Å². The minimum absolute atomic E-state index is 0.0992. The highest BCUT2D eigenvalue weighted by Gasteiger charge is 2.15. The summed E-state index contributed by atoms with van der Waals surface area (Å²) in [6, 6.07) is 9.67. The van der Waals surface area contributed by atoms with Crippen molar-refractivity contribution < 1.29 is 4.79 Å². The summed E-state index contributed by atoms with van der Waals surface area (Å²) in [6.45, 7) is 3.95. The van der Waals surface area contributed by atoms with Crippen LogP contribution >= 0.6 is 22.7 Å². The van der Waals surface area contributed by atoms with Gasteiger partial charge in [-0.3, -0.25) is 9.48 Å². The van der Waals surface area contributed by atoms with Crippen LogP contribution < -0.4 is 5.32 Å². The number of amides is 1. The summed E-state index contributed by atoms with van der Waals surface area (Å²) in [7, 11) is 1.90. The zero-order valence-corrected chi connectivity index (χ0v) is 15.7. The average molecular weight is 368 g/mol. The van der Waals surface area contributed by atoms with E-state index >= 15 is 0 Å². The van der Waals surface area contributed by atoms with Crippen LogP contribution in [0.4, 0.5) is 5.69 Å². The molecule has 0 saturated carbocycles. The molecule has 0 atom stereocenters. The Hall–Kier alpha value is -2.51. The minimum Gasteiger partial charge on any atom is -0.321 e. The molecule has 1 amide bonds. The smallest absolute Gasteiger partial charge is 0.265 e. The number of fused-ring (bicyclic) bond motifs is 1. The molecule has 126 valence electrons. The molecule has 4 rings (SSSR count). The fraction of sp³-hybridized carbons (Fsp3) is 0.167. The molecule has 3 heterocycles. The first-order valence-corrected chi connectivity index (χ1v) is 9.48. The Labute approximate surface area is 153 Å². The van der Waals surface area contributed by atoms with E-state index in [9.17, 15) is 4.79 Å². The summed E-state index contributed by atoms with van der Waals surface area (Å²) < 4.78 is 1.82. The van der Waals surface area contributed by atoms with Crippen molar-refractivity contribution in [2.45, 2.75) is 13.8 Å². The Balaban J connectivity index is 1.54. The Bertz CT molecular complexity index is 1040.